The molecule has 2 aliphatic rings. The standard InChI is InChI=1S/C26H31F3/c1-16-3-5-18(6-4-16)19-7-9-20(10-8-19)21-11-12-23(26(29)13-21)22-14-24(27)17(2)25(28)15-22/h11-16,18-20H,3-10H2,1-2H3. The molecule has 0 N–H and O–H groups in total. The third-order valence-electron chi connectivity index (χ3n) is 7.56. The molecule has 0 heterocycles. The van der Waals surface area contributed by atoms with E-state index in [1.807, 2.05) is 6.07 Å². The van der Waals surface area contributed by atoms with Crippen LogP contribution in [0.25, 0.3) is 11.1 Å². The van der Waals surface area contributed by atoms with Gasteiger partial charge in [0.25, 0.3) is 0 Å². The fourth-order valence-corrected chi connectivity index (χ4v) is 5.50. The Bertz CT molecular complexity index is 833. The van der Waals surface area contributed by atoms with Gasteiger partial charge in [-0.3, -0.25) is 0 Å². The largest absolute Gasteiger partial charge is 0.207 e. The lowest BCUT2D eigenvalue weighted by Gasteiger charge is -2.37. The second kappa shape index (κ2) is 8.53. The molecule has 0 unspecified atom stereocenters. The van der Waals surface area contributed by atoms with E-state index in [0.717, 1.165) is 36.2 Å². The van der Waals surface area contributed by atoms with Crippen molar-refractivity contribution in [3.8, 4) is 11.1 Å². The van der Waals surface area contributed by atoms with Gasteiger partial charge in [-0.25, -0.2) is 13.2 Å². The second-order valence-electron chi connectivity index (χ2n) is 9.44. The Morgan fingerprint density at radius 2 is 1.24 bits per heavy atom. The van der Waals surface area contributed by atoms with Gasteiger partial charge in [0.15, 0.2) is 0 Å². The maximum absolute atomic E-state index is 14.8. The first kappa shape index (κ1) is 20.5. The van der Waals surface area contributed by atoms with Gasteiger partial charge in [0.1, 0.15) is 17.5 Å². The van der Waals surface area contributed by atoms with Gasteiger partial charge in [-0.05, 0) is 98.4 Å². The molecule has 0 amide bonds. The fraction of sp³-hybridized carbons (Fsp3) is 0.538. The summed E-state index contributed by atoms with van der Waals surface area (Å²) in [5.41, 5.74) is 1.51. The van der Waals surface area contributed by atoms with Gasteiger partial charge in [0.2, 0.25) is 0 Å². The lowest BCUT2D eigenvalue weighted by Crippen LogP contribution is -2.24. The van der Waals surface area contributed by atoms with E-state index in [-0.39, 0.29) is 16.7 Å². The van der Waals surface area contributed by atoms with E-state index >= 15 is 0 Å². The van der Waals surface area contributed by atoms with Crippen LogP contribution in [0.4, 0.5) is 13.2 Å². The van der Waals surface area contributed by atoms with E-state index in [2.05, 4.69) is 6.92 Å². The van der Waals surface area contributed by atoms with Gasteiger partial charge in [0.05, 0.1) is 0 Å². The van der Waals surface area contributed by atoms with Crippen LogP contribution in [0.15, 0.2) is 30.3 Å². The van der Waals surface area contributed by atoms with Gasteiger partial charge in [-0.2, -0.15) is 0 Å². The quantitative estimate of drug-likeness (QED) is 0.487. The van der Waals surface area contributed by atoms with Gasteiger partial charge < -0.3 is 0 Å². The van der Waals surface area contributed by atoms with Crippen LogP contribution in [-0.4, -0.2) is 0 Å². The molecule has 156 valence electrons. The van der Waals surface area contributed by atoms with Crippen molar-refractivity contribution in [2.24, 2.45) is 17.8 Å². The molecule has 29 heavy (non-hydrogen) atoms. The average molecular weight is 401 g/mol. The lowest BCUT2D eigenvalue weighted by atomic mass is 9.68. The van der Waals surface area contributed by atoms with Crippen molar-refractivity contribution in [3.05, 3.63) is 58.9 Å². The molecule has 3 heteroatoms. The molecule has 0 nitrogen and oxygen atoms in total. The minimum atomic E-state index is -0.640. The molecule has 2 aromatic rings. The third-order valence-corrected chi connectivity index (χ3v) is 7.56. The van der Waals surface area contributed by atoms with E-state index in [1.54, 1.807) is 12.1 Å². The zero-order valence-electron chi connectivity index (χ0n) is 17.5. The van der Waals surface area contributed by atoms with Crippen LogP contribution in [0, 0.1) is 42.1 Å². The fourth-order valence-electron chi connectivity index (χ4n) is 5.50. The SMILES string of the molecule is Cc1c(F)cc(-c2ccc(C3CCC(C4CCC(C)CC4)CC3)cc2F)cc1F. The Balaban J connectivity index is 1.44. The van der Waals surface area contributed by atoms with Crippen molar-refractivity contribution in [2.75, 3.05) is 0 Å². The molecule has 4 rings (SSSR count). The van der Waals surface area contributed by atoms with Crippen molar-refractivity contribution in [2.45, 2.75) is 71.1 Å². The molecule has 0 bridgehead atoms. The summed E-state index contributed by atoms with van der Waals surface area (Å²) in [6, 6.07) is 7.64. The minimum absolute atomic E-state index is 0.0324. The second-order valence-corrected chi connectivity index (χ2v) is 9.44. The zero-order chi connectivity index (χ0) is 20.5. The highest BCUT2D eigenvalue weighted by Crippen LogP contribution is 2.44. The summed E-state index contributed by atoms with van der Waals surface area (Å²) in [4.78, 5) is 0. The summed E-state index contributed by atoms with van der Waals surface area (Å²) >= 11 is 0. The molecular formula is C26H31F3. The van der Waals surface area contributed by atoms with Crippen molar-refractivity contribution < 1.29 is 13.2 Å². The van der Waals surface area contributed by atoms with E-state index in [1.165, 1.54) is 57.6 Å². The Morgan fingerprint density at radius 3 is 1.79 bits per heavy atom. The van der Waals surface area contributed by atoms with Gasteiger partial charge in [0, 0.05) is 11.1 Å². The van der Waals surface area contributed by atoms with E-state index in [0.29, 0.717) is 5.92 Å². The predicted molar refractivity (Wildman–Crippen MR) is 112 cm³/mol. The highest BCUT2D eigenvalue weighted by Gasteiger charge is 2.30. The molecule has 2 aliphatic carbocycles. The molecule has 2 fully saturated rings. The van der Waals surface area contributed by atoms with Crippen LogP contribution < -0.4 is 0 Å². The first-order chi connectivity index (χ1) is 13.9. The smallest absolute Gasteiger partial charge is 0.131 e. The Morgan fingerprint density at radius 1 is 0.690 bits per heavy atom. The molecule has 0 aromatic heterocycles. The molecule has 0 radical (unpaired) electrons. The van der Waals surface area contributed by atoms with E-state index in [4.69, 9.17) is 0 Å². The number of benzene rings is 2. The first-order valence-corrected chi connectivity index (χ1v) is 11.2. The third kappa shape index (κ3) is 4.39. The number of hydrogen-bond donors (Lipinski definition) is 0. The first-order valence-electron chi connectivity index (χ1n) is 11.2. The summed E-state index contributed by atoms with van der Waals surface area (Å²) in [6.45, 7) is 3.75. The molecular weight excluding hydrogens is 369 g/mol. The summed E-state index contributed by atoms with van der Waals surface area (Å²) in [6.07, 6.45) is 10.2. The summed E-state index contributed by atoms with van der Waals surface area (Å²) in [7, 11) is 0. The van der Waals surface area contributed by atoms with Crippen LogP contribution in [0.3, 0.4) is 0 Å². The normalized spacial score (nSPS) is 27.8. The van der Waals surface area contributed by atoms with E-state index in [9.17, 15) is 13.2 Å². The van der Waals surface area contributed by atoms with Crippen LogP contribution in [-0.2, 0) is 0 Å². The van der Waals surface area contributed by atoms with Crippen molar-refractivity contribution >= 4 is 0 Å². The van der Waals surface area contributed by atoms with Crippen LogP contribution in [0.2, 0.25) is 0 Å². The van der Waals surface area contributed by atoms with Crippen molar-refractivity contribution in [3.63, 3.8) is 0 Å². The number of rotatable bonds is 3. The summed E-state index contributed by atoms with van der Waals surface area (Å²) < 4.78 is 42.6. The summed E-state index contributed by atoms with van der Waals surface area (Å²) in [5, 5.41) is 0. The van der Waals surface area contributed by atoms with Crippen LogP contribution in [0.5, 0.6) is 0 Å². The Kier molecular flexibility index (Phi) is 6.03. The average Bonchev–Trinajstić information content (AvgIpc) is 2.72. The molecule has 0 saturated heterocycles. The van der Waals surface area contributed by atoms with Gasteiger partial charge >= 0.3 is 0 Å². The van der Waals surface area contributed by atoms with Crippen LogP contribution in [0.1, 0.15) is 75.3 Å². The highest BCUT2D eigenvalue weighted by molar-refractivity contribution is 5.65. The van der Waals surface area contributed by atoms with Crippen molar-refractivity contribution in [1.29, 1.82) is 0 Å². The number of hydrogen-bond acceptors (Lipinski definition) is 0. The Labute approximate surface area is 172 Å². The predicted octanol–water partition coefficient (Wildman–Crippen LogP) is 8.18. The van der Waals surface area contributed by atoms with Crippen molar-refractivity contribution in [1.82, 2.24) is 0 Å². The molecule has 2 saturated carbocycles. The number of halogens is 3. The lowest BCUT2D eigenvalue weighted by molar-refractivity contribution is 0.165. The van der Waals surface area contributed by atoms with Gasteiger partial charge in [-0.1, -0.05) is 31.9 Å². The summed E-state index contributed by atoms with van der Waals surface area (Å²) in [5.74, 6) is 1.33. The molecule has 0 spiro atoms. The van der Waals surface area contributed by atoms with E-state index < -0.39 is 17.5 Å². The minimum Gasteiger partial charge on any atom is -0.207 e. The van der Waals surface area contributed by atoms with Crippen LogP contribution >= 0.6 is 0 Å². The van der Waals surface area contributed by atoms with Gasteiger partial charge in [-0.15, -0.1) is 0 Å². The maximum Gasteiger partial charge on any atom is 0.131 e. The topological polar surface area (TPSA) is 0 Å². The highest BCUT2D eigenvalue weighted by atomic mass is 19.1. The Hall–Kier alpha value is -1.77. The molecule has 0 atom stereocenters. The zero-order valence-corrected chi connectivity index (χ0v) is 17.5. The monoisotopic (exact) mass is 400 g/mol. The maximum atomic E-state index is 14.8. The molecule has 2 aromatic carbocycles. The molecule has 0 aliphatic heterocycles.